The number of imidazole rings is 1. The number of hydrogen-bond acceptors (Lipinski definition) is 9. The smallest absolute Gasteiger partial charge is 0.236 e. The summed E-state index contributed by atoms with van der Waals surface area (Å²) < 4.78 is 46.2. The average molecular weight is 533 g/mol. The van der Waals surface area contributed by atoms with Gasteiger partial charge in [-0.15, -0.1) is 0 Å². The zero-order valence-corrected chi connectivity index (χ0v) is 21.3. The molecule has 3 heterocycles. The second kappa shape index (κ2) is 9.43. The normalized spacial score (nSPS) is 13.6. The minimum absolute atomic E-state index is 0. The molecule has 0 unspecified atom stereocenters. The van der Waals surface area contributed by atoms with Gasteiger partial charge in [-0.2, -0.15) is 0 Å². The summed E-state index contributed by atoms with van der Waals surface area (Å²) in [5, 5.41) is -0.586. The number of aromatic nitrogens is 5. The quantitative estimate of drug-likeness (QED) is 0.338. The second-order valence-electron chi connectivity index (χ2n) is 7.93. The van der Waals surface area contributed by atoms with Crippen molar-refractivity contribution in [2.45, 2.75) is 25.0 Å². The Morgan fingerprint density at radius 1 is 1.06 bits per heavy atom. The molecule has 1 saturated carbocycles. The molecule has 1 aliphatic rings. The number of nitrogens with zero attached hydrogens (tertiary/aromatic N) is 5. The summed E-state index contributed by atoms with van der Waals surface area (Å²) in [5.74, 6) is 1.61. The molecule has 1 aliphatic carbocycles. The van der Waals surface area contributed by atoms with Gasteiger partial charge in [0.25, 0.3) is 0 Å². The fourth-order valence-electron chi connectivity index (χ4n) is 3.74. The Labute approximate surface area is 214 Å². The van der Waals surface area contributed by atoms with Gasteiger partial charge in [0.2, 0.25) is 15.9 Å². The number of pyridine rings is 1. The number of rotatable bonds is 9. The van der Waals surface area contributed by atoms with Crippen LogP contribution in [0.2, 0.25) is 5.15 Å². The summed E-state index contributed by atoms with van der Waals surface area (Å²) in [7, 11) is -0.576. The summed E-state index contributed by atoms with van der Waals surface area (Å²) in [6.45, 7) is 2.31. The van der Waals surface area contributed by atoms with Crippen molar-refractivity contribution in [2.75, 3.05) is 25.5 Å². The molecule has 3 aromatic heterocycles. The lowest BCUT2D eigenvalue weighted by Gasteiger charge is -2.16. The Hall–Kier alpha value is -3.64. The van der Waals surface area contributed by atoms with Gasteiger partial charge in [0, 0.05) is 7.49 Å². The van der Waals surface area contributed by atoms with Crippen molar-refractivity contribution in [2.24, 2.45) is 0 Å². The highest BCUT2D eigenvalue weighted by Gasteiger charge is 2.37. The number of methoxy groups -OCH3 is 2. The molecule has 1 fully saturated rings. The number of hydrogen-bond donors (Lipinski definition) is 1. The molecule has 36 heavy (non-hydrogen) atoms. The molecule has 11 nitrogen and oxygen atoms in total. The van der Waals surface area contributed by atoms with Crippen molar-refractivity contribution in [1.29, 1.82) is 0 Å². The molecule has 0 amide bonds. The van der Waals surface area contributed by atoms with Gasteiger partial charge in [0.1, 0.15) is 22.9 Å². The maximum Gasteiger partial charge on any atom is 0.236 e. The monoisotopic (exact) mass is 532 g/mol. The van der Waals surface area contributed by atoms with Gasteiger partial charge in [-0.1, -0.05) is 23.7 Å². The summed E-state index contributed by atoms with van der Waals surface area (Å²) in [6, 6.07) is 10.6. The van der Waals surface area contributed by atoms with Crippen LogP contribution in [0.5, 0.6) is 17.4 Å². The first-order chi connectivity index (χ1) is 17.4. The number of sulfonamides is 1. The van der Waals surface area contributed by atoms with Crippen LogP contribution in [0.3, 0.4) is 0 Å². The summed E-state index contributed by atoms with van der Waals surface area (Å²) in [6.07, 6.45) is 1.18. The largest absolute Gasteiger partial charge is 0.494 e. The maximum absolute atomic E-state index is 12.6. The van der Waals surface area contributed by atoms with Crippen molar-refractivity contribution in [3.05, 3.63) is 41.6 Å². The molecule has 0 radical (unpaired) electrons. The molecular weight excluding hydrogens is 508 g/mol. The van der Waals surface area contributed by atoms with Crippen LogP contribution in [0.4, 0.5) is 5.82 Å². The van der Waals surface area contributed by atoms with E-state index < -0.39 is 15.3 Å². The van der Waals surface area contributed by atoms with Crippen LogP contribution in [-0.4, -0.2) is 59.0 Å². The molecular formula is C23H25ClN6O5S. The van der Waals surface area contributed by atoms with E-state index in [-0.39, 0.29) is 23.7 Å². The topological polar surface area (TPSA) is 130 Å². The van der Waals surface area contributed by atoms with Crippen molar-refractivity contribution in [3.8, 4) is 34.6 Å². The molecule has 0 aliphatic heterocycles. The molecule has 4 aromatic rings. The number of fused-ring (bicyclic) bond motifs is 1. The van der Waals surface area contributed by atoms with Gasteiger partial charge >= 0.3 is 0 Å². The first kappa shape index (κ1) is 24.1. The number of ether oxygens (including phenoxy) is 3. The van der Waals surface area contributed by atoms with Gasteiger partial charge < -0.3 is 14.2 Å². The van der Waals surface area contributed by atoms with Crippen molar-refractivity contribution in [3.63, 3.8) is 0 Å². The SMILES string of the molecule is CCOc1cccc(-c2nc3nc(Cl)c(NS(=O)(=O)C4CC4)nc3n2-c2c(OC)cccc2OC)n1.[HH]. The first-order valence-corrected chi connectivity index (χ1v) is 13.1. The van der Waals surface area contributed by atoms with E-state index >= 15 is 0 Å². The number of halogens is 1. The highest BCUT2D eigenvalue weighted by molar-refractivity contribution is 7.93. The molecule has 190 valence electrons. The van der Waals surface area contributed by atoms with Crippen molar-refractivity contribution in [1.82, 2.24) is 24.5 Å². The van der Waals surface area contributed by atoms with Crippen LogP contribution in [-0.2, 0) is 10.0 Å². The predicted molar refractivity (Wildman–Crippen MR) is 137 cm³/mol. The van der Waals surface area contributed by atoms with Crippen LogP contribution >= 0.6 is 11.6 Å². The van der Waals surface area contributed by atoms with Crippen molar-refractivity contribution < 1.29 is 24.1 Å². The van der Waals surface area contributed by atoms with Crippen LogP contribution in [0, 0.1) is 0 Å². The third-order valence-corrected chi connectivity index (χ3v) is 7.62. The molecule has 5 rings (SSSR count). The van der Waals surface area contributed by atoms with E-state index in [2.05, 4.69) is 24.7 Å². The Morgan fingerprint density at radius 2 is 1.75 bits per heavy atom. The highest BCUT2D eigenvalue weighted by atomic mass is 35.5. The molecule has 13 heteroatoms. The second-order valence-corrected chi connectivity index (χ2v) is 10.3. The third kappa shape index (κ3) is 4.37. The highest BCUT2D eigenvalue weighted by Crippen LogP contribution is 2.39. The lowest BCUT2D eigenvalue weighted by molar-refractivity contribution is 0.327. The van der Waals surface area contributed by atoms with Gasteiger partial charge in [0.05, 0.1) is 26.1 Å². The van der Waals surface area contributed by atoms with Gasteiger partial charge in [0.15, 0.2) is 28.1 Å². The number of anilines is 1. The molecule has 1 N–H and O–H groups in total. The molecule has 0 saturated heterocycles. The molecule has 0 atom stereocenters. The van der Waals surface area contributed by atoms with Crippen LogP contribution in [0.15, 0.2) is 36.4 Å². The fourth-order valence-corrected chi connectivity index (χ4v) is 5.30. The van der Waals surface area contributed by atoms with Gasteiger partial charge in [-0.3, -0.25) is 9.29 Å². The average Bonchev–Trinajstić information content (AvgIpc) is 3.67. The van der Waals surface area contributed by atoms with E-state index in [9.17, 15) is 8.42 Å². The Bertz CT molecular complexity index is 1540. The summed E-state index contributed by atoms with van der Waals surface area (Å²) in [4.78, 5) is 18.1. The van der Waals surface area contributed by atoms with E-state index in [0.29, 0.717) is 54.0 Å². The lowest BCUT2D eigenvalue weighted by atomic mass is 10.2. The van der Waals surface area contributed by atoms with Gasteiger partial charge in [-0.25, -0.2) is 28.4 Å². The Morgan fingerprint density at radius 3 is 2.39 bits per heavy atom. The van der Waals surface area contributed by atoms with Crippen LogP contribution < -0.4 is 18.9 Å². The molecule has 1 aromatic carbocycles. The van der Waals surface area contributed by atoms with E-state index in [0.717, 1.165) is 0 Å². The van der Waals surface area contributed by atoms with Crippen LogP contribution in [0.1, 0.15) is 21.2 Å². The molecule has 0 spiro atoms. The van der Waals surface area contributed by atoms with E-state index in [1.807, 2.05) is 6.92 Å². The van der Waals surface area contributed by atoms with E-state index in [1.165, 1.54) is 14.2 Å². The van der Waals surface area contributed by atoms with Crippen LogP contribution in [0.25, 0.3) is 28.5 Å². The standard InChI is InChI=1S/C23H23ClN6O5S.H2/c1-4-35-17-10-5-7-14(25-17)22-28-21-23(30(22)18-15(33-2)8-6-9-16(18)34-3)27-20(19(24)26-21)29-36(31,32)13-11-12-13;/h5-10,13H,4,11-12H2,1-3H3,(H,27,29);1H. The Kier molecular flexibility index (Phi) is 6.31. The summed E-state index contributed by atoms with van der Waals surface area (Å²) in [5.41, 5.74) is 1.36. The third-order valence-electron chi connectivity index (χ3n) is 5.53. The minimum atomic E-state index is -3.64. The number of benzene rings is 1. The zero-order chi connectivity index (χ0) is 25.4. The fraction of sp³-hybridized carbons (Fsp3) is 0.304. The minimum Gasteiger partial charge on any atom is -0.494 e. The van der Waals surface area contributed by atoms with E-state index in [4.69, 9.17) is 25.8 Å². The maximum atomic E-state index is 12.6. The van der Waals surface area contributed by atoms with Gasteiger partial charge in [-0.05, 0) is 38.0 Å². The zero-order valence-electron chi connectivity index (χ0n) is 19.7. The number of para-hydroxylation sites is 1. The predicted octanol–water partition coefficient (Wildman–Crippen LogP) is 4.10. The Balaban J connectivity index is 0.00000320. The lowest BCUT2D eigenvalue weighted by Crippen LogP contribution is -2.19. The number of nitrogens with one attached hydrogen (secondary N) is 1. The first-order valence-electron chi connectivity index (χ1n) is 11.2. The summed E-state index contributed by atoms with van der Waals surface area (Å²) >= 11 is 6.34. The van der Waals surface area contributed by atoms with Crippen molar-refractivity contribution >= 4 is 38.7 Å². The molecule has 0 bridgehead atoms. The van der Waals surface area contributed by atoms with E-state index in [1.54, 1.807) is 41.0 Å².